The molecule has 16 heavy (non-hydrogen) atoms. The summed E-state index contributed by atoms with van der Waals surface area (Å²) < 4.78 is 10.3. The standard InChI is InChI=1S/C11H10ClNO3/c1-15-9-4-8(12)11(16-2)7-3-6(14)5-13-10(7)9/h3-5,14H,1-2H3. The number of rotatable bonds is 2. The highest BCUT2D eigenvalue weighted by molar-refractivity contribution is 6.33. The van der Waals surface area contributed by atoms with Gasteiger partial charge in [0, 0.05) is 6.07 Å². The average molecular weight is 240 g/mol. The van der Waals surface area contributed by atoms with Gasteiger partial charge in [-0.1, -0.05) is 11.6 Å². The Morgan fingerprint density at radius 2 is 2.00 bits per heavy atom. The van der Waals surface area contributed by atoms with E-state index >= 15 is 0 Å². The second-order valence-corrected chi connectivity index (χ2v) is 3.59. The Labute approximate surface area is 97.4 Å². The van der Waals surface area contributed by atoms with Crippen LogP contribution in [-0.2, 0) is 0 Å². The van der Waals surface area contributed by atoms with E-state index in [0.717, 1.165) is 0 Å². The van der Waals surface area contributed by atoms with Crippen LogP contribution in [0.3, 0.4) is 0 Å². The maximum atomic E-state index is 9.40. The minimum atomic E-state index is 0.0510. The van der Waals surface area contributed by atoms with E-state index in [1.54, 1.807) is 6.07 Å². The Morgan fingerprint density at radius 1 is 1.25 bits per heavy atom. The van der Waals surface area contributed by atoms with Crippen molar-refractivity contribution in [2.45, 2.75) is 0 Å². The average Bonchev–Trinajstić information content (AvgIpc) is 2.27. The van der Waals surface area contributed by atoms with E-state index < -0.39 is 0 Å². The first-order valence-corrected chi connectivity index (χ1v) is 4.94. The fourth-order valence-corrected chi connectivity index (χ4v) is 1.84. The van der Waals surface area contributed by atoms with Crippen LogP contribution in [0.5, 0.6) is 17.2 Å². The zero-order valence-corrected chi connectivity index (χ0v) is 9.58. The Morgan fingerprint density at radius 3 is 2.62 bits per heavy atom. The van der Waals surface area contributed by atoms with E-state index in [2.05, 4.69) is 4.98 Å². The molecule has 0 radical (unpaired) electrons. The van der Waals surface area contributed by atoms with Gasteiger partial charge in [-0.2, -0.15) is 0 Å². The number of nitrogens with zero attached hydrogens (tertiary/aromatic N) is 1. The second-order valence-electron chi connectivity index (χ2n) is 3.18. The smallest absolute Gasteiger partial charge is 0.147 e. The van der Waals surface area contributed by atoms with Crippen molar-refractivity contribution < 1.29 is 14.6 Å². The normalized spacial score (nSPS) is 10.4. The van der Waals surface area contributed by atoms with Crippen molar-refractivity contribution in [3.63, 3.8) is 0 Å². The van der Waals surface area contributed by atoms with Crippen LogP contribution in [0.2, 0.25) is 5.02 Å². The van der Waals surface area contributed by atoms with Gasteiger partial charge in [0.2, 0.25) is 0 Å². The molecular formula is C11H10ClNO3. The van der Waals surface area contributed by atoms with Gasteiger partial charge in [-0.3, -0.25) is 0 Å². The summed E-state index contributed by atoms with van der Waals surface area (Å²) in [5, 5.41) is 10.4. The van der Waals surface area contributed by atoms with Gasteiger partial charge in [-0.15, -0.1) is 0 Å². The number of ether oxygens (including phenoxy) is 2. The van der Waals surface area contributed by atoms with Crippen molar-refractivity contribution >= 4 is 22.5 Å². The summed E-state index contributed by atoms with van der Waals surface area (Å²) in [5.41, 5.74) is 0.599. The Hall–Kier alpha value is -1.68. The summed E-state index contributed by atoms with van der Waals surface area (Å²) >= 11 is 6.03. The quantitative estimate of drug-likeness (QED) is 0.875. The molecule has 0 atom stereocenters. The number of hydrogen-bond acceptors (Lipinski definition) is 4. The number of aromatic nitrogens is 1. The molecule has 0 saturated heterocycles. The summed E-state index contributed by atoms with van der Waals surface area (Å²) in [5.74, 6) is 1.07. The lowest BCUT2D eigenvalue weighted by atomic mass is 10.2. The summed E-state index contributed by atoms with van der Waals surface area (Å²) in [7, 11) is 3.04. The van der Waals surface area contributed by atoms with Gasteiger partial charge in [0.25, 0.3) is 0 Å². The number of halogens is 1. The summed E-state index contributed by atoms with van der Waals surface area (Å²) in [6.07, 6.45) is 1.35. The molecule has 0 spiro atoms. The molecule has 5 heteroatoms. The van der Waals surface area contributed by atoms with Gasteiger partial charge in [0.1, 0.15) is 22.8 Å². The molecule has 1 heterocycles. The predicted octanol–water partition coefficient (Wildman–Crippen LogP) is 2.61. The molecule has 1 N–H and O–H groups in total. The Kier molecular flexibility index (Phi) is 2.75. The minimum absolute atomic E-state index is 0.0510. The lowest BCUT2D eigenvalue weighted by molar-refractivity contribution is 0.409. The number of hydrogen-bond donors (Lipinski definition) is 1. The van der Waals surface area contributed by atoms with Crippen molar-refractivity contribution in [1.82, 2.24) is 4.98 Å². The first-order valence-electron chi connectivity index (χ1n) is 4.56. The summed E-state index contributed by atoms with van der Waals surface area (Å²) in [6.45, 7) is 0. The third-order valence-electron chi connectivity index (χ3n) is 2.25. The number of fused-ring (bicyclic) bond motifs is 1. The van der Waals surface area contributed by atoms with E-state index in [4.69, 9.17) is 21.1 Å². The van der Waals surface area contributed by atoms with Crippen molar-refractivity contribution in [3.8, 4) is 17.2 Å². The lowest BCUT2D eigenvalue weighted by Crippen LogP contribution is -1.92. The molecule has 0 fully saturated rings. The molecule has 4 nitrogen and oxygen atoms in total. The molecule has 0 aliphatic rings. The molecule has 2 rings (SSSR count). The highest BCUT2D eigenvalue weighted by Gasteiger charge is 2.13. The number of benzene rings is 1. The zero-order chi connectivity index (χ0) is 11.7. The molecule has 0 aliphatic heterocycles. The van der Waals surface area contributed by atoms with E-state index in [1.807, 2.05) is 0 Å². The highest BCUT2D eigenvalue weighted by Crippen LogP contribution is 2.39. The maximum absolute atomic E-state index is 9.40. The topological polar surface area (TPSA) is 51.6 Å². The summed E-state index contributed by atoms with van der Waals surface area (Å²) in [4.78, 5) is 4.09. The molecular weight excluding hydrogens is 230 g/mol. The van der Waals surface area contributed by atoms with Crippen LogP contribution in [0.1, 0.15) is 0 Å². The second kappa shape index (κ2) is 4.06. The SMILES string of the molecule is COc1c(Cl)cc(OC)c2ncc(O)cc12. The molecule has 2 aromatic rings. The van der Waals surface area contributed by atoms with Gasteiger partial charge in [0.05, 0.1) is 30.8 Å². The molecule has 84 valence electrons. The maximum Gasteiger partial charge on any atom is 0.147 e. The molecule has 0 saturated carbocycles. The van der Waals surface area contributed by atoms with Crippen LogP contribution in [0.15, 0.2) is 18.3 Å². The molecule has 1 aromatic carbocycles. The zero-order valence-electron chi connectivity index (χ0n) is 8.82. The van der Waals surface area contributed by atoms with E-state index in [1.165, 1.54) is 26.5 Å². The monoisotopic (exact) mass is 239 g/mol. The van der Waals surface area contributed by atoms with Gasteiger partial charge in [-0.05, 0) is 6.07 Å². The van der Waals surface area contributed by atoms with Crippen LogP contribution in [-0.4, -0.2) is 24.3 Å². The van der Waals surface area contributed by atoms with Crippen molar-refractivity contribution in [1.29, 1.82) is 0 Å². The van der Waals surface area contributed by atoms with Crippen LogP contribution in [0, 0.1) is 0 Å². The van der Waals surface area contributed by atoms with Crippen LogP contribution in [0.25, 0.3) is 10.9 Å². The molecule has 0 bridgehead atoms. The number of pyridine rings is 1. The first kappa shape index (κ1) is 10.8. The van der Waals surface area contributed by atoms with Gasteiger partial charge in [-0.25, -0.2) is 4.98 Å². The van der Waals surface area contributed by atoms with Crippen LogP contribution < -0.4 is 9.47 Å². The number of aromatic hydroxyl groups is 1. The largest absolute Gasteiger partial charge is 0.506 e. The first-order chi connectivity index (χ1) is 7.67. The van der Waals surface area contributed by atoms with Crippen molar-refractivity contribution in [2.75, 3.05) is 14.2 Å². The van der Waals surface area contributed by atoms with Crippen LogP contribution in [0.4, 0.5) is 0 Å². The van der Waals surface area contributed by atoms with Gasteiger partial charge < -0.3 is 14.6 Å². The van der Waals surface area contributed by atoms with E-state index in [9.17, 15) is 5.11 Å². The predicted molar refractivity (Wildman–Crippen MR) is 61.5 cm³/mol. The Bertz CT molecular complexity index is 542. The highest BCUT2D eigenvalue weighted by atomic mass is 35.5. The molecule has 0 amide bonds. The molecule has 0 unspecified atom stereocenters. The minimum Gasteiger partial charge on any atom is -0.506 e. The van der Waals surface area contributed by atoms with Crippen molar-refractivity contribution in [2.24, 2.45) is 0 Å². The van der Waals surface area contributed by atoms with E-state index in [-0.39, 0.29) is 5.75 Å². The van der Waals surface area contributed by atoms with Gasteiger partial charge in [0.15, 0.2) is 0 Å². The fraction of sp³-hybridized carbons (Fsp3) is 0.182. The number of methoxy groups -OCH3 is 2. The lowest BCUT2D eigenvalue weighted by Gasteiger charge is -2.10. The van der Waals surface area contributed by atoms with Gasteiger partial charge >= 0.3 is 0 Å². The molecule has 0 aliphatic carbocycles. The Balaban J connectivity index is 2.88. The van der Waals surface area contributed by atoms with Crippen molar-refractivity contribution in [3.05, 3.63) is 23.4 Å². The van der Waals surface area contributed by atoms with E-state index in [0.29, 0.717) is 27.4 Å². The fourth-order valence-electron chi connectivity index (χ4n) is 1.56. The third-order valence-corrected chi connectivity index (χ3v) is 2.53. The van der Waals surface area contributed by atoms with Crippen LogP contribution >= 0.6 is 11.6 Å². The summed E-state index contributed by atoms with van der Waals surface area (Å²) in [6, 6.07) is 3.17. The third kappa shape index (κ3) is 1.61. The molecule has 1 aromatic heterocycles.